The number of hydrogen-bond donors (Lipinski definition) is 1. The molecule has 0 saturated carbocycles. The molecule has 1 aromatic carbocycles. The number of aliphatic hydroxyl groups is 1. The van der Waals surface area contributed by atoms with Crippen molar-refractivity contribution in [2.75, 3.05) is 0 Å². The van der Waals surface area contributed by atoms with Gasteiger partial charge in [-0.15, -0.1) is 0 Å². The lowest BCUT2D eigenvalue weighted by Crippen LogP contribution is -2.53. The van der Waals surface area contributed by atoms with Crippen molar-refractivity contribution >= 4 is 18.2 Å². The summed E-state index contributed by atoms with van der Waals surface area (Å²) in [4.78, 5) is 39.7. The van der Waals surface area contributed by atoms with E-state index < -0.39 is 53.7 Å². The molecule has 2 amide bonds. The number of aliphatic hydroxyl groups excluding tert-OH is 1. The van der Waals surface area contributed by atoms with Crippen molar-refractivity contribution in [2.24, 2.45) is 0 Å². The monoisotopic (exact) mass is 479 g/mol. The van der Waals surface area contributed by atoms with Gasteiger partial charge < -0.3 is 24.1 Å². The fourth-order valence-corrected chi connectivity index (χ4v) is 3.42. The lowest BCUT2D eigenvalue weighted by Gasteiger charge is -2.32. The molecule has 1 saturated heterocycles. The first kappa shape index (κ1) is 27.4. The highest BCUT2D eigenvalue weighted by Gasteiger charge is 2.43. The van der Waals surface area contributed by atoms with Crippen LogP contribution in [-0.4, -0.2) is 63.7 Å². The summed E-state index contributed by atoms with van der Waals surface area (Å²) in [5.41, 5.74) is -1.81. The van der Waals surface area contributed by atoms with Crippen LogP contribution in [0.25, 0.3) is 0 Å². The molecule has 9 heteroatoms. The number of imide groups is 1. The quantitative estimate of drug-likeness (QED) is 0.500. The summed E-state index contributed by atoms with van der Waals surface area (Å²) < 4.78 is 22.2. The van der Waals surface area contributed by atoms with E-state index in [1.165, 1.54) is 6.92 Å². The smallest absolute Gasteiger partial charge is 0.420 e. The summed E-state index contributed by atoms with van der Waals surface area (Å²) in [5, 5.41) is 10.8. The molecule has 190 valence electrons. The number of hydrogen-bond acceptors (Lipinski definition) is 8. The molecule has 1 aliphatic heterocycles. The molecule has 1 aliphatic rings. The third-order valence-electron chi connectivity index (χ3n) is 4.92. The van der Waals surface area contributed by atoms with E-state index in [4.69, 9.17) is 18.9 Å². The first-order valence-corrected chi connectivity index (χ1v) is 11.5. The van der Waals surface area contributed by atoms with Gasteiger partial charge in [-0.25, -0.2) is 14.4 Å². The third kappa shape index (κ3) is 8.20. The Balaban J connectivity index is 2.31. The molecular weight excluding hydrogens is 442 g/mol. The Labute approximate surface area is 201 Å². The summed E-state index contributed by atoms with van der Waals surface area (Å²) in [6, 6.07) is 7.74. The average molecular weight is 480 g/mol. The molecule has 0 spiro atoms. The predicted octanol–water partition coefficient (Wildman–Crippen LogP) is 4.45. The van der Waals surface area contributed by atoms with Crippen LogP contribution in [0, 0.1) is 0 Å². The van der Waals surface area contributed by atoms with Crippen LogP contribution in [0.5, 0.6) is 5.75 Å². The predicted molar refractivity (Wildman–Crippen MR) is 124 cm³/mol. The van der Waals surface area contributed by atoms with Gasteiger partial charge in [-0.1, -0.05) is 18.2 Å². The molecule has 4 atom stereocenters. The SMILES string of the molecule is C[C@@H]1OC(=O)[C@@H](N(C(=O)OC(C)(C)C)C(=O)OC(C)(C)C)CCC[C@H](Oc2ccccc2)[C@H]1O. The van der Waals surface area contributed by atoms with Gasteiger partial charge >= 0.3 is 18.2 Å². The molecule has 0 aromatic heterocycles. The van der Waals surface area contributed by atoms with Crippen molar-refractivity contribution in [1.82, 2.24) is 4.90 Å². The number of benzene rings is 1. The van der Waals surface area contributed by atoms with E-state index in [0.29, 0.717) is 23.5 Å². The average Bonchev–Trinajstić information content (AvgIpc) is 2.73. The van der Waals surface area contributed by atoms with Gasteiger partial charge in [0.05, 0.1) is 0 Å². The van der Waals surface area contributed by atoms with E-state index in [1.54, 1.807) is 53.7 Å². The highest BCUT2D eigenvalue weighted by molar-refractivity contribution is 5.94. The van der Waals surface area contributed by atoms with Gasteiger partial charge in [-0.2, -0.15) is 4.90 Å². The van der Waals surface area contributed by atoms with Crippen molar-refractivity contribution in [3.05, 3.63) is 30.3 Å². The number of para-hydroxylation sites is 1. The Hall–Kier alpha value is -2.81. The first-order chi connectivity index (χ1) is 15.7. The Morgan fingerprint density at radius 2 is 1.50 bits per heavy atom. The second kappa shape index (κ2) is 11.1. The molecule has 1 fully saturated rings. The Morgan fingerprint density at radius 1 is 0.971 bits per heavy atom. The number of amides is 2. The van der Waals surface area contributed by atoms with Crippen LogP contribution in [0.15, 0.2) is 30.3 Å². The summed E-state index contributed by atoms with van der Waals surface area (Å²) in [6.07, 6.45) is -3.90. The lowest BCUT2D eigenvalue weighted by atomic mass is 10.0. The van der Waals surface area contributed by atoms with Crippen molar-refractivity contribution < 1.29 is 38.4 Å². The van der Waals surface area contributed by atoms with Crippen molar-refractivity contribution in [3.8, 4) is 5.75 Å². The van der Waals surface area contributed by atoms with Gasteiger partial charge in [0.1, 0.15) is 41.3 Å². The minimum Gasteiger partial charge on any atom is -0.488 e. The van der Waals surface area contributed by atoms with Gasteiger partial charge in [0.15, 0.2) is 0 Å². The maximum Gasteiger partial charge on any atom is 0.420 e. The highest BCUT2D eigenvalue weighted by atomic mass is 16.6. The zero-order valence-corrected chi connectivity index (χ0v) is 21.1. The third-order valence-corrected chi connectivity index (χ3v) is 4.92. The topological polar surface area (TPSA) is 112 Å². The van der Waals surface area contributed by atoms with E-state index >= 15 is 0 Å². The number of nitrogens with zero attached hydrogens (tertiary/aromatic N) is 1. The number of carbonyl (C=O) groups is 3. The van der Waals surface area contributed by atoms with Gasteiger partial charge in [-0.3, -0.25) is 0 Å². The normalized spacial score (nSPS) is 24.1. The van der Waals surface area contributed by atoms with E-state index in [2.05, 4.69) is 0 Å². The molecule has 2 rings (SSSR count). The lowest BCUT2D eigenvalue weighted by molar-refractivity contribution is -0.162. The zero-order valence-electron chi connectivity index (χ0n) is 21.1. The standard InChI is InChI=1S/C25H37NO8/c1-16-20(27)19(32-17-12-9-8-10-13-17)15-11-14-18(21(28)31-16)26(22(29)33-24(2,3)4)23(30)34-25(5,6)7/h8-10,12-13,16,18-20,27H,11,14-15H2,1-7H3/t16-,18-,19-,20-/m0/s1. The molecule has 1 N–H and O–H groups in total. The minimum absolute atomic E-state index is 0.0887. The maximum absolute atomic E-state index is 13.1. The van der Waals surface area contributed by atoms with E-state index in [1.807, 2.05) is 18.2 Å². The van der Waals surface area contributed by atoms with Crippen LogP contribution in [0.1, 0.15) is 67.7 Å². The highest BCUT2D eigenvalue weighted by Crippen LogP contribution is 2.26. The summed E-state index contributed by atoms with van der Waals surface area (Å²) in [6.45, 7) is 11.5. The van der Waals surface area contributed by atoms with E-state index in [-0.39, 0.29) is 6.42 Å². The minimum atomic E-state index is -1.28. The van der Waals surface area contributed by atoms with Crippen LogP contribution in [0.4, 0.5) is 9.59 Å². The van der Waals surface area contributed by atoms with Crippen LogP contribution < -0.4 is 4.74 Å². The van der Waals surface area contributed by atoms with Gasteiger partial charge in [0.2, 0.25) is 0 Å². The fourth-order valence-electron chi connectivity index (χ4n) is 3.42. The number of cyclic esters (lactones) is 1. The number of carbonyl (C=O) groups excluding carboxylic acids is 3. The summed E-state index contributed by atoms with van der Waals surface area (Å²) in [7, 11) is 0. The molecule has 0 unspecified atom stereocenters. The number of esters is 1. The molecule has 1 heterocycles. The van der Waals surface area contributed by atoms with Crippen LogP contribution in [-0.2, 0) is 19.0 Å². The zero-order chi connectivity index (χ0) is 25.7. The van der Waals surface area contributed by atoms with Crippen molar-refractivity contribution in [3.63, 3.8) is 0 Å². The molecule has 9 nitrogen and oxygen atoms in total. The number of rotatable bonds is 3. The van der Waals surface area contributed by atoms with E-state index in [0.717, 1.165) is 0 Å². The fraction of sp³-hybridized carbons (Fsp3) is 0.640. The largest absolute Gasteiger partial charge is 0.488 e. The molecule has 0 radical (unpaired) electrons. The van der Waals surface area contributed by atoms with E-state index in [9.17, 15) is 19.5 Å². The van der Waals surface area contributed by atoms with Gasteiger partial charge in [0.25, 0.3) is 0 Å². The molecule has 34 heavy (non-hydrogen) atoms. The Morgan fingerprint density at radius 3 is 2.00 bits per heavy atom. The van der Waals surface area contributed by atoms with Crippen molar-refractivity contribution in [2.45, 2.75) is 103 Å². The molecular formula is C25H37NO8. The molecule has 0 aliphatic carbocycles. The Bertz CT molecular complexity index is 815. The maximum atomic E-state index is 13.1. The van der Waals surface area contributed by atoms with Crippen molar-refractivity contribution in [1.29, 1.82) is 0 Å². The summed E-state index contributed by atoms with van der Waals surface area (Å²) >= 11 is 0. The molecule has 1 aromatic rings. The second-order valence-corrected chi connectivity index (χ2v) is 10.4. The first-order valence-electron chi connectivity index (χ1n) is 11.5. The summed E-state index contributed by atoms with van der Waals surface area (Å²) in [5.74, 6) is -0.256. The molecule has 0 bridgehead atoms. The van der Waals surface area contributed by atoms with Crippen LogP contribution >= 0.6 is 0 Å². The Kier molecular flexibility index (Phi) is 8.94. The van der Waals surface area contributed by atoms with Gasteiger partial charge in [-0.05, 0) is 79.9 Å². The number of ether oxygens (including phenoxy) is 4. The van der Waals surface area contributed by atoms with Gasteiger partial charge in [0, 0.05) is 0 Å². The van der Waals surface area contributed by atoms with Crippen LogP contribution in [0.3, 0.4) is 0 Å². The van der Waals surface area contributed by atoms with Crippen LogP contribution in [0.2, 0.25) is 0 Å². The second-order valence-electron chi connectivity index (χ2n) is 10.4.